The zero-order valence-electron chi connectivity index (χ0n) is 11.3. The summed E-state index contributed by atoms with van der Waals surface area (Å²) in [7, 11) is 1.63. The Labute approximate surface area is 116 Å². The third kappa shape index (κ3) is 3.24. The average molecular weight is 279 g/mol. The van der Waals surface area contributed by atoms with Gasteiger partial charge in [-0.1, -0.05) is 0 Å². The van der Waals surface area contributed by atoms with Crippen LogP contribution in [0.5, 0.6) is 0 Å². The molecule has 0 aromatic carbocycles. The van der Waals surface area contributed by atoms with Gasteiger partial charge in [-0.25, -0.2) is 0 Å². The number of aryl methyl sites for hydroxylation is 1. The zero-order valence-corrected chi connectivity index (χ0v) is 11.3. The Kier molecular flexibility index (Phi) is 4.19. The molecule has 2 rings (SSSR count). The molecule has 0 aliphatic carbocycles. The van der Waals surface area contributed by atoms with Crippen LogP contribution in [0, 0.1) is 0 Å². The van der Waals surface area contributed by atoms with Crippen LogP contribution in [0.3, 0.4) is 0 Å². The van der Waals surface area contributed by atoms with E-state index in [1.54, 1.807) is 29.1 Å². The fraction of sp³-hybridized carbons (Fsp3) is 0.462. The molecule has 1 aliphatic rings. The SMILES string of the molecule is Cn1ccc(C(=O)N2CCN(CC(=O)O)CC2)cc1=O. The maximum Gasteiger partial charge on any atom is 0.317 e. The zero-order chi connectivity index (χ0) is 14.7. The second kappa shape index (κ2) is 5.87. The van der Waals surface area contributed by atoms with Crippen molar-refractivity contribution >= 4 is 11.9 Å². The number of hydrogen-bond donors (Lipinski definition) is 1. The lowest BCUT2D eigenvalue weighted by molar-refractivity contribution is -0.138. The standard InChI is InChI=1S/C13H17N3O4/c1-14-3-2-10(8-11(14)17)13(20)16-6-4-15(5-7-16)9-12(18)19/h2-3,8H,4-7,9H2,1H3,(H,18,19). The van der Waals surface area contributed by atoms with Crippen LogP contribution >= 0.6 is 0 Å². The van der Waals surface area contributed by atoms with Gasteiger partial charge in [-0.3, -0.25) is 19.3 Å². The summed E-state index contributed by atoms with van der Waals surface area (Å²) in [5.74, 6) is -1.05. The quantitative estimate of drug-likeness (QED) is 0.785. The van der Waals surface area contributed by atoms with E-state index in [4.69, 9.17) is 5.11 Å². The van der Waals surface area contributed by atoms with Crippen molar-refractivity contribution in [1.29, 1.82) is 0 Å². The fourth-order valence-corrected chi connectivity index (χ4v) is 2.16. The summed E-state index contributed by atoms with van der Waals surface area (Å²) in [4.78, 5) is 37.8. The first-order chi connectivity index (χ1) is 9.47. The largest absolute Gasteiger partial charge is 0.480 e. The van der Waals surface area contributed by atoms with Crippen LogP contribution in [-0.4, -0.2) is 64.1 Å². The number of rotatable bonds is 3. The van der Waals surface area contributed by atoms with Crippen LogP contribution in [0.2, 0.25) is 0 Å². The molecule has 1 saturated heterocycles. The number of amides is 1. The molecule has 108 valence electrons. The minimum atomic E-state index is -0.865. The number of carboxylic acid groups (broad SMARTS) is 1. The van der Waals surface area contributed by atoms with E-state index >= 15 is 0 Å². The average Bonchev–Trinajstić information content (AvgIpc) is 2.41. The first-order valence-electron chi connectivity index (χ1n) is 6.37. The third-order valence-corrected chi connectivity index (χ3v) is 3.37. The summed E-state index contributed by atoms with van der Waals surface area (Å²) < 4.78 is 1.40. The Morgan fingerprint density at radius 3 is 2.45 bits per heavy atom. The van der Waals surface area contributed by atoms with Gasteiger partial charge in [0.15, 0.2) is 0 Å². The van der Waals surface area contributed by atoms with Gasteiger partial charge in [0.1, 0.15) is 0 Å². The van der Waals surface area contributed by atoms with Crippen LogP contribution in [0.15, 0.2) is 23.1 Å². The van der Waals surface area contributed by atoms with Crippen molar-refractivity contribution in [1.82, 2.24) is 14.4 Å². The summed E-state index contributed by atoms with van der Waals surface area (Å²) in [6.45, 7) is 2.00. The van der Waals surface area contributed by atoms with Gasteiger partial charge in [0.25, 0.3) is 11.5 Å². The molecule has 1 N–H and O–H groups in total. The normalized spacial score (nSPS) is 16.1. The number of carbonyl (C=O) groups excluding carboxylic acids is 1. The number of aromatic nitrogens is 1. The van der Waals surface area contributed by atoms with E-state index in [1.165, 1.54) is 10.6 Å². The minimum Gasteiger partial charge on any atom is -0.480 e. The Balaban J connectivity index is 1.99. The summed E-state index contributed by atoms with van der Waals surface area (Å²) in [6, 6.07) is 2.94. The molecule has 1 aliphatic heterocycles. The highest BCUT2D eigenvalue weighted by molar-refractivity contribution is 5.94. The number of nitrogens with zero attached hydrogens (tertiary/aromatic N) is 3. The van der Waals surface area contributed by atoms with Crippen LogP contribution < -0.4 is 5.56 Å². The van der Waals surface area contributed by atoms with Crippen LogP contribution in [0.4, 0.5) is 0 Å². The Morgan fingerprint density at radius 2 is 1.90 bits per heavy atom. The number of pyridine rings is 1. The lowest BCUT2D eigenvalue weighted by atomic mass is 10.2. The van der Waals surface area contributed by atoms with Crippen molar-refractivity contribution < 1.29 is 14.7 Å². The molecule has 2 heterocycles. The minimum absolute atomic E-state index is 0.00604. The molecule has 0 radical (unpaired) electrons. The molecule has 0 bridgehead atoms. The number of piperazine rings is 1. The van der Waals surface area contributed by atoms with Gasteiger partial charge in [-0.2, -0.15) is 0 Å². The van der Waals surface area contributed by atoms with Crippen molar-refractivity contribution in [3.8, 4) is 0 Å². The molecule has 1 aromatic rings. The van der Waals surface area contributed by atoms with Crippen LogP contribution in [0.1, 0.15) is 10.4 Å². The van der Waals surface area contributed by atoms with E-state index in [2.05, 4.69) is 0 Å². The highest BCUT2D eigenvalue weighted by Gasteiger charge is 2.23. The number of carboxylic acids is 1. The molecule has 1 amide bonds. The van der Waals surface area contributed by atoms with Gasteiger partial charge in [-0.15, -0.1) is 0 Å². The molecule has 1 aromatic heterocycles. The monoisotopic (exact) mass is 279 g/mol. The molecule has 7 nitrogen and oxygen atoms in total. The first-order valence-corrected chi connectivity index (χ1v) is 6.37. The van der Waals surface area contributed by atoms with E-state index in [0.29, 0.717) is 31.7 Å². The molecular formula is C13H17N3O4. The van der Waals surface area contributed by atoms with Gasteiger partial charge in [0.2, 0.25) is 0 Å². The maximum absolute atomic E-state index is 12.2. The lowest BCUT2D eigenvalue weighted by Crippen LogP contribution is -2.50. The van der Waals surface area contributed by atoms with Gasteiger partial charge >= 0.3 is 5.97 Å². The predicted octanol–water partition coefficient (Wildman–Crippen LogP) is -0.772. The summed E-state index contributed by atoms with van der Waals surface area (Å²) in [6.07, 6.45) is 1.57. The molecule has 0 saturated carbocycles. The highest BCUT2D eigenvalue weighted by Crippen LogP contribution is 2.07. The van der Waals surface area contributed by atoms with E-state index in [-0.39, 0.29) is 18.0 Å². The van der Waals surface area contributed by atoms with Crippen molar-refractivity contribution in [2.24, 2.45) is 7.05 Å². The van der Waals surface area contributed by atoms with Gasteiger partial charge in [0.05, 0.1) is 6.54 Å². The molecule has 0 unspecified atom stereocenters. The van der Waals surface area contributed by atoms with Crippen molar-refractivity contribution in [3.63, 3.8) is 0 Å². The molecule has 7 heteroatoms. The van der Waals surface area contributed by atoms with Crippen LogP contribution in [-0.2, 0) is 11.8 Å². The van der Waals surface area contributed by atoms with E-state index in [0.717, 1.165) is 0 Å². The summed E-state index contributed by atoms with van der Waals surface area (Å²) >= 11 is 0. The molecule has 1 fully saturated rings. The second-order valence-electron chi connectivity index (χ2n) is 4.83. The summed E-state index contributed by atoms with van der Waals surface area (Å²) in [5.41, 5.74) is 0.153. The van der Waals surface area contributed by atoms with Gasteiger partial charge < -0.3 is 14.6 Å². The van der Waals surface area contributed by atoms with E-state index < -0.39 is 5.97 Å². The van der Waals surface area contributed by atoms with Gasteiger partial charge in [0, 0.05) is 51.1 Å². The van der Waals surface area contributed by atoms with Gasteiger partial charge in [-0.05, 0) is 6.07 Å². The second-order valence-corrected chi connectivity index (χ2v) is 4.83. The van der Waals surface area contributed by atoms with Crippen molar-refractivity contribution in [2.45, 2.75) is 0 Å². The van der Waals surface area contributed by atoms with Crippen molar-refractivity contribution in [2.75, 3.05) is 32.7 Å². The molecule has 20 heavy (non-hydrogen) atoms. The number of aliphatic carboxylic acids is 1. The maximum atomic E-state index is 12.2. The topological polar surface area (TPSA) is 82.8 Å². The van der Waals surface area contributed by atoms with E-state index in [9.17, 15) is 14.4 Å². The molecule has 0 spiro atoms. The lowest BCUT2D eigenvalue weighted by Gasteiger charge is -2.33. The summed E-state index contributed by atoms with van der Waals surface area (Å²) in [5, 5.41) is 8.72. The fourth-order valence-electron chi connectivity index (χ4n) is 2.16. The highest BCUT2D eigenvalue weighted by atomic mass is 16.4. The third-order valence-electron chi connectivity index (χ3n) is 3.37. The van der Waals surface area contributed by atoms with E-state index in [1.807, 2.05) is 0 Å². The Bertz CT molecular complexity index is 573. The Hall–Kier alpha value is -2.15. The predicted molar refractivity (Wildman–Crippen MR) is 71.7 cm³/mol. The number of carbonyl (C=O) groups is 2. The smallest absolute Gasteiger partial charge is 0.317 e. The number of hydrogen-bond acceptors (Lipinski definition) is 4. The molecule has 0 atom stereocenters. The first kappa shape index (κ1) is 14.3. The van der Waals surface area contributed by atoms with Crippen molar-refractivity contribution in [3.05, 3.63) is 34.2 Å². The van der Waals surface area contributed by atoms with Crippen LogP contribution in [0.25, 0.3) is 0 Å². The Morgan fingerprint density at radius 1 is 1.25 bits per heavy atom. The molecular weight excluding hydrogens is 262 g/mol.